The van der Waals surface area contributed by atoms with Gasteiger partial charge in [-0.2, -0.15) is 0 Å². The van der Waals surface area contributed by atoms with Crippen LogP contribution in [0.1, 0.15) is 78.1 Å². The van der Waals surface area contributed by atoms with E-state index in [1.54, 1.807) is 14.0 Å². The molecule has 5 rings (SSSR count). The Balaban J connectivity index is 1.27. The fourth-order valence-corrected chi connectivity index (χ4v) is 7.72. The summed E-state index contributed by atoms with van der Waals surface area (Å²) in [6.45, 7) is 5.78. The zero-order valence-electron chi connectivity index (χ0n) is 26.4. The second-order valence-electron chi connectivity index (χ2n) is 12.9. The number of amides is 1. The molecule has 3 atom stereocenters. The number of anilines is 3. The lowest BCUT2D eigenvalue weighted by Crippen LogP contribution is -2.51. The fourth-order valence-electron chi connectivity index (χ4n) is 7.21. The standard InChI is InChI=1S/C34H50N4O4S/c1-25-23-37(24-42-31-18-19-32(35-22-31)28-11-9-7-5-6-8-10-12-28)34-21-29(15-20-33(34)38(25)26(2)39)27-13-16-30(17-14-27)36(3)43(4,40)41/h13-17,20-21,25,28,31-32,35H,5-12,18-19,22-24H2,1-4H3. The Hall–Kier alpha value is -2.62. The van der Waals surface area contributed by atoms with E-state index < -0.39 is 10.0 Å². The minimum Gasteiger partial charge on any atom is -0.357 e. The Bertz CT molecular complexity index is 1330. The van der Waals surface area contributed by atoms with Crippen molar-refractivity contribution in [3.63, 3.8) is 0 Å². The van der Waals surface area contributed by atoms with Crippen LogP contribution in [0.5, 0.6) is 0 Å². The summed E-state index contributed by atoms with van der Waals surface area (Å²) in [7, 11) is -1.77. The van der Waals surface area contributed by atoms with Crippen LogP contribution in [0.15, 0.2) is 42.5 Å². The van der Waals surface area contributed by atoms with Crippen molar-refractivity contribution < 1.29 is 17.9 Å². The Morgan fingerprint density at radius 1 is 0.930 bits per heavy atom. The van der Waals surface area contributed by atoms with Crippen LogP contribution < -0.4 is 19.4 Å². The molecule has 0 spiro atoms. The molecule has 3 aliphatic rings. The van der Waals surface area contributed by atoms with E-state index >= 15 is 0 Å². The number of benzene rings is 2. The second-order valence-corrected chi connectivity index (χ2v) is 14.9. The third-order valence-corrected chi connectivity index (χ3v) is 11.0. The molecule has 2 aliphatic heterocycles. The van der Waals surface area contributed by atoms with Crippen molar-refractivity contribution in [3.8, 4) is 11.1 Å². The van der Waals surface area contributed by atoms with Crippen LogP contribution in [0.25, 0.3) is 11.1 Å². The van der Waals surface area contributed by atoms with Gasteiger partial charge in [0.05, 0.1) is 35.5 Å². The minimum absolute atomic E-state index is 0.0301. The molecule has 2 fully saturated rings. The highest BCUT2D eigenvalue weighted by Crippen LogP contribution is 2.39. The molecule has 8 nitrogen and oxygen atoms in total. The van der Waals surface area contributed by atoms with Gasteiger partial charge in [-0.1, -0.05) is 56.7 Å². The molecule has 0 radical (unpaired) electrons. The van der Waals surface area contributed by atoms with E-state index in [4.69, 9.17) is 4.74 Å². The van der Waals surface area contributed by atoms with Crippen molar-refractivity contribution in [2.75, 3.05) is 47.2 Å². The number of rotatable bonds is 7. The van der Waals surface area contributed by atoms with Crippen molar-refractivity contribution >= 4 is 33.0 Å². The Morgan fingerprint density at radius 3 is 2.19 bits per heavy atom. The first-order valence-electron chi connectivity index (χ1n) is 16.2. The van der Waals surface area contributed by atoms with Crippen LogP contribution in [-0.4, -0.2) is 65.6 Å². The highest BCUT2D eigenvalue weighted by molar-refractivity contribution is 7.92. The number of ether oxygens (including phenoxy) is 1. The molecule has 1 saturated carbocycles. The molecule has 1 aliphatic carbocycles. The Labute approximate surface area is 258 Å². The number of hydrogen-bond acceptors (Lipinski definition) is 6. The average molecular weight is 611 g/mol. The highest BCUT2D eigenvalue weighted by atomic mass is 32.2. The maximum absolute atomic E-state index is 12.7. The van der Waals surface area contributed by atoms with Gasteiger partial charge in [-0.05, 0) is 73.9 Å². The number of carbonyl (C=O) groups excluding carboxylic acids is 1. The summed E-state index contributed by atoms with van der Waals surface area (Å²) in [5.74, 6) is 0.827. The van der Waals surface area contributed by atoms with Gasteiger partial charge in [-0.3, -0.25) is 9.10 Å². The van der Waals surface area contributed by atoms with E-state index in [1.165, 1.54) is 68.3 Å². The molecule has 1 amide bonds. The minimum atomic E-state index is -3.33. The van der Waals surface area contributed by atoms with Crippen LogP contribution in [0.4, 0.5) is 17.1 Å². The van der Waals surface area contributed by atoms with E-state index in [0.717, 1.165) is 41.4 Å². The van der Waals surface area contributed by atoms with Crippen molar-refractivity contribution in [1.29, 1.82) is 0 Å². The molecule has 0 bridgehead atoms. The van der Waals surface area contributed by atoms with Gasteiger partial charge in [0.2, 0.25) is 15.9 Å². The molecule has 2 aromatic carbocycles. The smallest absolute Gasteiger partial charge is 0.231 e. The molecule has 2 heterocycles. The summed E-state index contributed by atoms with van der Waals surface area (Å²) in [5.41, 5.74) is 4.48. The topological polar surface area (TPSA) is 82.2 Å². The average Bonchev–Trinajstić information content (AvgIpc) is 3.13. The number of carbonyl (C=O) groups is 1. The lowest BCUT2D eigenvalue weighted by molar-refractivity contribution is -0.117. The first-order valence-corrected chi connectivity index (χ1v) is 18.0. The molecule has 2 aromatic rings. The molecular formula is C34H50N4O4S. The predicted molar refractivity (Wildman–Crippen MR) is 176 cm³/mol. The fraction of sp³-hybridized carbons (Fsp3) is 0.618. The lowest BCUT2D eigenvalue weighted by Gasteiger charge is -2.42. The lowest BCUT2D eigenvalue weighted by atomic mass is 9.84. The van der Waals surface area contributed by atoms with Gasteiger partial charge in [-0.25, -0.2) is 8.42 Å². The maximum Gasteiger partial charge on any atom is 0.231 e. The first-order chi connectivity index (χ1) is 20.6. The number of piperidine rings is 1. The normalized spacial score (nSPS) is 24.0. The third kappa shape index (κ3) is 7.73. The van der Waals surface area contributed by atoms with Crippen molar-refractivity contribution in [2.24, 2.45) is 5.92 Å². The summed E-state index contributed by atoms with van der Waals surface area (Å²) in [5, 5.41) is 3.86. The molecule has 0 aromatic heterocycles. The van der Waals surface area contributed by atoms with Crippen LogP contribution >= 0.6 is 0 Å². The molecule has 43 heavy (non-hydrogen) atoms. The van der Waals surface area contributed by atoms with Gasteiger partial charge in [0, 0.05) is 33.1 Å². The zero-order valence-corrected chi connectivity index (χ0v) is 27.2. The number of nitrogens with zero attached hydrogens (tertiary/aromatic N) is 3. The predicted octanol–water partition coefficient (Wildman–Crippen LogP) is 6.16. The summed E-state index contributed by atoms with van der Waals surface area (Å²) in [6, 6.07) is 14.4. The van der Waals surface area contributed by atoms with E-state index in [2.05, 4.69) is 23.2 Å². The Morgan fingerprint density at radius 2 is 1.58 bits per heavy atom. The van der Waals surface area contributed by atoms with Crippen LogP contribution in [0.3, 0.4) is 0 Å². The summed E-state index contributed by atoms with van der Waals surface area (Å²) in [6.07, 6.45) is 14.7. The highest BCUT2D eigenvalue weighted by Gasteiger charge is 2.32. The SMILES string of the molecule is CC(=O)N1c2ccc(-c3ccc(N(C)S(C)(=O)=O)cc3)cc2N(COC2CCC(C3CCCCCCCC3)NC2)CC1C. The largest absolute Gasteiger partial charge is 0.357 e. The summed E-state index contributed by atoms with van der Waals surface area (Å²) in [4.78, 5) is 16.8. The quantitative estimate of drug-likeness (QED) is 0.405. The van der Waals surface area contributed by atoms with E-state index in [0.29, 0.717) is 25.0 Å². The number of sulfonamides is 1. The van der Waals surface area contributed by atoms with Crippen LogP contribution in [-0.2, 0) is 19.6 Å². The second kappa shape index (κ2) is 14.0. The van der Waals surface area contributed by atoms with Gasteiger partial charge in [0.1, 0.15) is 6.73 Å². The van der Waals surface area contributed by atoms with Gasteiger partial charge < -0.3 is 19.9 Å². The first kappa shape index (κ1) is 31.8. The van der Waals surface area contributed by atoms with Gasteiger partial charge in [-0.15, -0.1) is 0 Å². The third-order valence-electron chi connectivity index (χ3n) is 9.74. The molecule has 236 valence electrons. The number of fused-ring (bicyclic) bond motifs is 1. The summed E-state index contributed by atoms with van der Waals surface area (Å²) >= 11 is 0. The molecule has 3 unspecified atom stereocenters. The van der Waals surface area contributed by atoms with Crippen molar-refractivity contribution in [3.05, 3.63) is 42.5 Å². The van der Waals surface area contributed by atoms with Crippen LogP contribution in [0.2, 0.25) is 0 Å². The number of nitrogens with one attached hydrogen (secondary N) is 1. The van der Waals surface area contributed by atoms with Gasteiger partial charge in [0.15, 0.2) is 0 Å². The van der Waals surface area contributed by atoms with Crippen LogP contribution in [0, 0.1) is 5.92 Å². The number of hydrogen-bond donors (Lipinski definition) is 1. The Kier molecular flexibility index (Phi) is 10.3. The monoisotopic (exact) mass is 610 g/mol. The van der Waals surface area contributed by atoms with E-state index in [1.807, 2.05) is 41.3 Å². The summed E-state index contributed by atoms with van der Waals surface area (Å²) < 4.78 is 31.7. The van der Waals surface area contributed by atoms with Crippen molar-refractivity contribution in [1.82, 2.24) is 5.32 Å². The molecule has 1 saturated heterocycles. The van der Waals surface area contributed by atoms with E-state index in [-0.39, 0.29) is 18.1 Å². The zero-order chi connectivity index (χ0) is 30.6. The van der Waals surface area contributed by atoms with Gasteiger partial charge >= 0.3 is 0 Å². The molecule has 9 heteroatoms. The van der Waals surface area contributed by atoms with E-state index in [9.17, 15) is 13.2 Å². The van der Waals surface area contributed by atoms with Crippen molar-refractivity contribution in [2.45, 2.75) is 96.2 Å². The molecular weight excluding hydrogens is 560 g/mol. The molecule has 1 N–H and O–H groups in total. The van der Waals surface area contributed by atoms with Gasteiger partial charge in [0.25, 0.3) is 0 Å². The maximum atomic E-state index is 12.7.